The predicted octanol–water partition coefficient (Wildman–Crippen LogP) is 5.68. The van der Waals surface area contributed by atoms with E-state index in [1.165, 1.54) is 0 Å². The van der Waals surface area contributed by atoms with Gasteiger partial charge in [-0.3, -0.25) is 4.79 Å². The molecule has 1 atom stereocenters. The standard InChI is InChI=1S/C24H26O4/c1-15(2)21(24(25)26)18-13-19(12-17-8-6-5-7-9-17)23(27-4)20(14-18)22-16(3)10-11-28-22/h5-11,13-15,21H,12H2,1-4H3,(H,25,26). The topological polar surface area (TPSA) is 59.7 Å². The first-order valence-electron chi connectivity index (χ1n) is 9.44. The first-order chi connectivity index (χ1) is 13.4. The number of aryl methyl sites for hydroxylation is 1. The fourth-order valence-corrected chi connectivity index (χ4v) is 3.71. The summed E-state index contributed by atoms with van der Waals surface area (Å²) in [5.74, 6) is -0.0390. The highest BCUT2D eigenvalue weighted by atomic mass is 16.5. The van der Waals surface area contributed by atoms with E-state index in [2.05, 4.69) is 12.1 Å². The van der Waals surface area contributed by atoms with Crippen LogP contribution in [0.1, 0.15) is 42.0 Å². The first kappa shape index (κ1) is 19.7. The monoisotopic (exact) mass is 378 g/mol. The number of hydrogen-bond acceptors (Lipinski definition) is 3. The number of methoxy groups -OCH3 is 1. The number of carboxylic acid groups (broad SMARTS) is 1. The molecule has 4 nitrogen and oxygen atoms in total. The minimum Gasteiger partial charge on any atom is -0.496 e. The summed E-state index contributed by atoms with van der Waals surface area (Å²) in [4.78, 5) is 12.0. The molecule has 0 aliphatic heterocycles. The minimum atomic E-state index is -0.826. The van der Waals surface area contributed by atoms with E-state index in [9.17, 15) is 9.90 Å². The van der Waals surface area contributed by atoms with Crippen LogP contribution in [-0.2, 0) is 11.2 Å². The van der Waals surface area contributed by atoms with E-state index < -0.39 is 11.9 Å². The molecule has 1 aromatic heterocycles. The van der Waals surface area contributed by atoms with E-state index in [4.69, 9.17) is 9.15 Å². The molecule has 0 aliphatic rings. The lowest BCUT2D eigenvalue weighted by atomic mass is 9.85. The molecular formula is C24H26O4. The maximum atomic E-state index is 12.0. The number of aliphatic carboxylic acids is 1. The summed E-state index contributed by atoms with van der Waals surface area (Å²) in [5.41, 5.74) is 4.62. The van der Waals surface area contributed by atoms with Gasteiger partial charge >= 0.3 is 5.97 Å². The van der Waals surface area contributed by atoms with Crippen LogP contribution in [0.4, 0.5) is 0 Å². The first-order valence-corrected chi connectivity index (χ1v) is 9.44. The summed E-state index contributed by atoms with van der Waals surface area (Å²) < 4.78 is 11.5. The van der Waals surface area contributed by atoms with Crippen LogP contribution in [0, 0.1) is 12.8 Å². The van der Waals surface area contributed by atoms with Crippen LogP contribution in [0.2, 0.25) is 0 Å². The Balaban J connectivity index is 2.23. The molecule has 0 amide bonds. The minimum absolute atomic E-state index is 0.0407. The smallest absolute Gasteiger partial charge is 0.311 e. The highest BCUT2D eigenvalue weighted by Crippen LogP contribution is 2.40. The van der Waals surface area contributed by atoms with Crippen LogP contribution >= 0.6 is 0 Å². The van der Waals surface area contributed by atoms with Gasteiger partial charge in [-0.1, -0.05) is 50.2 Å². The van der Waals surface area contributed by atoms with Crippen LogP contribution < -0.4 is 4.74 Å². The van der Waals surface area contributed by atoms with Crippen LogP contribution in [0.5, 0.6) is 5.75 Å². The van der Waals surface area contributed by atoms with E-state index in [0.717, 1.165) is 33.6 Å². The normalized spacial score (nSPS) is 12.2. The number of ether oxygens (including phenoxy) is 1. The lowest BCUT2D eigenvalue weighted by Gasteiger charge is -2.21. The van der Waals surface area contributed by atoms with Gasteiger partial charge in [0, 0.05) is 6.42 Å². The summed E-state index contributed by atoms with van der Waals surface area (Å²) in [7, 11) is 1.64. The number of furan rings is 1. The summed E-state index contributed by atoms with van der Waals surface area (Å²) in [6.45, 7) is 5.83. The second-order valence-electron chi connectivity index (χ2n) is 7.42. The lowest BCUT2D eigenvalue weighted by molar-refractivity contribution is -0.139. The van der Waals surface area contributed by atoms with Gasteiger partial charge in [0.15, 0.2) is 0 Å². The summed E-state index contributed by atoms with van der Waals surface area (Å²) >= 11 is 0. The zero-order chi connectivity index (χ0) is 20.3. The molecule has 0 saturated carbocycles. The molecule has 0 radical (unpaired) electrons. The Labute approximate surface area is 165 Å². The van der Waals surface area contributed by atoms with Crippen molar-refractivity contribution in [3.8, 4) is 17.1 Å². The molecule has 0 aliphatic carbocycles. The zero-order valence-corrected chi connectivity index (χ0v) is 16.7. The van der Waals surface area contributed by atoms with Crippen molar-refractivity contribution in [1.29, 1.82) is 0 Å². The Bertz CT molecular complexity index is 954. The predicted molar refractivity (Wildman–Crippen MR) is 110 cm³/mol. The third-order valence-electron chi connectivity index (χ3n) is 5.03. The molecule has 3 aromatic rings. The molecule has 2 aromatic carbocycles. The number of carbonyl (C=O) groups is 1. The zero-order valence-electron chi connectivity index (χ0n) is 16.7. The Morgan fingerprint density at radius 1 is 1.14 bits per heavy atom. The molecule has 0 saturated heterocycles. The Morgan fingerprint density at radius 2 is 1.86 bits per heavy atom. The van der Waals surface area contributed by atoms with Gasteiger partial charge in [-0.05, 0) is 47.2 Å². The fraction of sp³-hybridized carbons (Fsp3) is 0.292. The van der Waals surface area contributed by atoms with E-state index >= 15 is 0 Å². The summed E-state index contributed by atoms with van der Waals surface area (Å²) in [6, 6.07) is 15.9. The van der Waals surface area contributed by atoms with Crippen LogP contribution in [0.25, 0.3) is 11.3 Å². The molecule has 1 unspecified atom stereocenters. The largest absolute Gasteiger partial charge is 0.496 e. The second-order valence-corrected chi connectivity index (χ2v) is 7.42. The van der Waals surface area contributed by atoms with E-state index in [0.29, 0.717) is 12.2 Å². The van der Waals surface area contributed by atoms with E-state index in [1.807, 2.05) is 57.2 Å². The van der Waals surface area contributed by atoms with Crippen molar-refractivity contribution in [3.05, 3.63) is 77.0 Å². The molecule has 0 fully saturated rings. The average molecular weight is 378 g/mol. The molecule has 3 rings (SSSR count). The van der Waals surface area contributed by atoms with Crippen molar-refractivity contribution in [3.63, 3.8) is 0 Å². The average Bonchev–Trinajstić information content (AvgIpc) is 3.07. The molecule has 146 valence electrons. The van der Waals surface area contributed by atoms with Crippen molar-refractivity contribution >= 4 is 5.97 Å². The van der Waals surface area contributed by atoms with Gasteiger partial charge in [-0.15, -0.1) is 0 Å². The van der Waals surface area contributed by atoms with Gasteiger partial charge in [0.25, 0.3) is 0 Å². The molecule has 28 heavy (non-hydrogen) atoms. The van der Waals surface area contributed by atoms with Crippen LogP contribution in [0.15, 0.2) is 59.2 Å². The SMILES string of the molecule is COc1c(Cc2ccccc2)cc(C(C(=O)O)C(C)C)cc1-c1occc1C. The highest BCUT2D eigenvalue weighted by molar-refractivity contribution is 5.79. The number of hydrogen-bond donors (Lipinski definition) is 1. The lowest BCUT2D eigenvalue weighted by Crippen LogP contribution is -2.18. The van der Waals surface area contributed by atoms with Gasteiger partial charge in [0.1, 0.15) is 11.5 Å². The Hall–Kier alpha value is -3.01. The van der Waals surface area contributed by atoms with E-state index in [-0.39, 0.29) is 5.92 Å². The quantitative estimate of drug-likeness (QED) is 0.575. The van der Waals surface area contributed by atoms with Gasteiger partial charge < -0.3 is 14.3 Å². The number of benzene rings is 2. The summed E-state index contributed by atoms with van der Waals surface area (Å²) in [5, 5.41) is 9.83. The van der Waals surface area contributed by atoms with Crippen LogP contribution in [0.3, 0.4) is 0 Å². The molecule has 1 heterocycles. The van der Waals surface area contributed by atoms with Gasteiger partial charge in [-0.2, -0.15) is 0 Å². The van der Waals surface area contributed by atoms with Gasteiger partial charge in [0.2, 0.25) is 0 Å². The maximum absolute atomic E-state index is 12.0. The molecule has 1 N–H and O–H groups in total. The number of rotatable bonds is 7. The molecule has 0 bridgehead atoms. The molecule has 4 heteroatoms. The summed E-state index contributed by atoms with van der Waals surface area (Å²) in [6.07, 6.45) is 2.29. The molecule has 0 spiro atoms. The Kier molecular flexibility index (Phi) is 5.88. The van der Waals surface area contributed by atoms with Crippen molar-refractivity contribution < 1.29 is 19.1 Å². The highest BCUT2D eigenvalue weighted by Gasteiger charge is 2.27. The van der Waals surface area contributed by atoms with Crippen molar-refractivity contribution in [1.82, 2.24) is 0 Å². The molecular weight excluding hydrogens is 352 g/mol. The Morgan fingerprint density at radius 3 is 2.39 bits per heavy atom. The maximum Gasteiger partial charge on any atom is 0.311 e. The third kappa shape index (κ3) is 3.96. The van der Waals surface area contributed by atoms with Crippen LogP contribution in [-0.4, -0.2) is 18.2 Å². The van der Waals surface area contributed by atoms with Crippen molar-refractivity contribution in [2.45, 2.75) is 33.1 Å². The van der Waals surface area contributed by atoms with Crippen molar-refractivity contribution in [2.75, 3.05) is 7.11 Å². The van der Waals surface area contributed by atoms with Gasteiger partial charge in [-0.25, -0.2) is 0 Å². The van der Waals surface area contributed by atoms with Gasteiger partial charge in [0.05, 0.1) is 24.9 Å². The van der Waals surface area contributed by atoms with Crippen molar-refractivity contribution in [2.24, 2.45) is 5.92 Å². The fourth-order valence-electron chi connectivity index (χ4n) is 3.71. The third-order valence-corrected chi connectivity index (χ3v) is 5.03. The number of carboxylic acids is 1. The van der Waals surface area contributed by atoms with E-state index in [1.54, 1.807) is 13.4 Å². The second kappa shape index (κ2) is 8.34.